The highest BCUT2D eigenvalue weighted by atomic mass is 16.5. The van der Waals surface area contributed by atoms with Crippen molar-refractivity contribution < 1.29 is 9.84 Å². The summed E-state index contributed by atoms with van der Waals surface area (Å²) >= 11 is 0. The van der Waals surface area contributed by atoms with E-state index in [-0.39, 0.29) is 12.7 Å². The molecule has 0 amide bonds. The molecule has 0 aromatic rings. The number of aliphatic hydroxyl groups is 1. The molecular weight excluding hydrogens is 130 g/mol. The first-order valence-electron chi connectivity index (χ1n) is 3.51. The van der Waals surface area contributed by atoms with Crippen LogP contribution in [0, 0.1) is 0 Å². The highest BCUT2D eigenvalue weighted by Gasteiger charge is 2.27. The molecule has 3 N–H and O–H groups in total. The van der Waals surface area contributed by atoms with Crippen LogP contribution in [0.15, 0.2) is 0 Å². The zero-order valence-corrected chi connectivity index (χ0v) is 6.92. The van der Waals surface area contributed by atoms with Gasteiger partial charge in [0.25, 0.3) is 0 Å². The Labute approximate surface area is 62.2 Å². The normalized spacial score (nSPS) is 20.1. The largest absolute Gasteiger partial charge is 0.394 e. The Kier molecular flexibility index (Phi) is 3.86. The van der Waals surface area contributed by atoms with Crippen LogP contribution in [0.4, 0.5) is 0 Å². The first-order valence-corrected chi connectivity index (χ1v) is 3.51. The number of rotatable bonds is 4. The first kappa shape index (κ1) is 9.88. The van der Waals surface area contributed by atoms with Gasteiger partial charge in [0.1, 0.15) is 0 Å². The maximum Gasteiger partial charge on any atom is 0.0767 e. The van der Waals surface area contributed by atoms with Gasteiger partial charge in [-0.1, -0.05) is 6.92 Å². The Morgan fingerprint density at radius 3 is 2.30 bits per heavy atom. The molecule has 3 nitrogen and oxygen atoms in total. The zero-order valence-electron chi connectivity index (χ0n) is 6.92. The summed E-state index contributed by atoms with van der Waals surface area (Å²) in [5.74, 6) is 0. The van der Waals surface area contributed by atoms with Crippen LogP contribution in [0.3, 0.4) is 0 Å². The third-order valence-electron chi connectivity index (χ3n) is 1.73. The van der Waals surface area contributed by atoms with E-state index in [2.05, 4.69) is 0 Å². The quantitative estimate of drug-likeness (QED) is 0.594. The van der Waals surface area contributed by atoms with Crippen LogP contribution in [0.1, 0.15) is 20.3 Å². The Morgan fingerprint density at radius 2 is 2.20 bits per heavy atom. The van der Waals surface area contributed by atoms with E-state index >= 15 is 0 Å². The predicted molar refractivity (Wildman–Crippen MR) is 40.8 cm³/mol. The minimum absolute atomic E-state index is 0.0423. The number of aliphatic hydroxyl groups excluding tert-OH is 1. The molecule has 0 aliphatic heterocycles. The van der Waals surface area contributed by atoms with E-state index in [0.717, 1.165) is 6.42 Å². The molecule has 62 valence electrons. The second-order valence-corrected chi connectivity index (χ2v) is 2.80. The number of nitrogens with two attached hydrogens (primary N) is 1. The third kappa shape index (κ3) is 2.25. The summed E-state index contributed by atoms with van der Waals surface area (Å²) in [6, 6.07) is 0. The predicted octanol–water partition coefficient (Wildman–Crippen LogP) is 0.121. The Bertz CT molecular complexity index is 89.6. The molecule has 0 saturated heterocycles. The molecule has 0 aliphatic carbocycles. The summed E-state index contributed by atoms with van der Waals surface area (Å²) in [5.41, 5.74) is 5.10. The van der Waals surface area contributed by atoms with Gasteiger partial charge in [-0.25, -0.2) is 0 Å². The lowest BCUT2D eigenvalue weighted by atomic mass is 9.95. The molecule has 0 aromatic heterocycles. The average molecular weight is 147 g/mol. The summed E-state index contributed by atoms with van der Waals surface area (Å²) in [6.45, 7) is 3.72. The molecule has 10 heavy (non-hydrogen) atoms. The lowest BCUT2D eigenvalue weighted by Crippen LogP contribution is -2.51. The highest BCUT2D eigenvalue weighted by molar-refractivity contribution is 4.86. The van der Waals surface area contributed by atoms with Crippen LogP contribution in [-0.4, -0.2) is 30.5 Å². The number of hydrogen-bond acceptors (Lipinski definition) is 3. The Hall–Kier alpha value is -0.120. The van der Waals surface area contributed by atoms with Crippen LogP contribution in [0.25, 0.3) is 0 Å². The van der Waals surface area contributed by atoms with Gasteiger partial charge in [0.05, 0.1) is 18.2 Å². The van der Waals surface area contributed by atoms with Crippen LogP contribution in [0.5, 0.6) is 0 Å². The monoisotopic (exact) mass is 147 g/mol. The molecule has 0 fully saturated rings. The van der Waals surface area contributed by atoms with Gasteiger partial charge in [0.2, 0.25) is 0 Å². The van der Waals surface area contributed by atoms with Crippen LogP contribution >= 0.6 is 0 Å². The minimum Gasteiger partial charge on any atom is -0.394 e. The first-order chi connectivity index (χ1) is 4.58. The molecule has 0 aliphatic rings. The van der Waals surface area contributed by atoms with Gasteiger partial charge in [-0.05, 0) is 13.3 Å². The molecule has 0 radical (unpaired) electrons. The molecular formula is C7H17NO2. The lowest BCUT2D eigenvalue weighted by molar-refractivity contribution is 0.0134. The van der Waals surface area contributed by atoms with Crippen molar-refractivity contribution in [3.05, 3.63) is 0 Å². The van der Waals surface area contributed by atoms with Crippen LogP contribution < -0.4 is 5.73 Å². The SMILES string of the molecule is CCC(OC)C(C)(N)CO. The van der Waals surface area contributed by atoms with Crippen LogP contribution in [0.2, 0.25) is 0 Å². The zero-order chi connectivity index (χ0) is 8.20. The molecule has 2 atom stereocenters. The van der Waals surface area contributed by atoms with E-state index < -0.39 is 5.54 Å². The van der Waals surface area contributed by atoms with Crippen LogP contribution in [-0.2, 0) is 4.74 Å². The van der Waals surface area contributed by atoms with Gasteiger partial charge in [-0.2, -0.15) is 0 Å². The van der Waals surface area contributed by atoms with Gasteiger partial charge in [0.15, 0.2) is 0 Å². The van der Waals surface area contributed by atoms with E-state index in [4.69, 9.17) is 15.6 Å². The second-order valence-electron chi connectivity index (χ2n) is 2.80. The Morgan fingerprint density at radius 1 is 1.70 bits per heavy atom. The summed E-state index contributed by atoms with van der Waals surface area (Å²) in [6.07, 6.45) is 0.766. The summed E-state index contributed by atoms with van der Waals surface area (Å²) in [7, 11) is 1.61. The van der Waals surface area contributed by atoms with Crippen molar-refractivity contribution >= 4 is 0 Å². The van der Waals surface area contributed by atoms with E-state index in [1.807, 2.05) is 6.92 Å². The number of ether oxygens (including phenoxy) is 1. The fraction of sp³-hybridized carbons (Fsp3) is 1.00. The molecule has 0 spiro atoms. The van der Waals surface area contributed by atoms with E-state index in [1.165, 1.54) is 0 Å². The van der Waals surface area contributed by atoms with E-state index in [1.54, 1.807) is 14.0 Å². The third-order valence-corrected chi connectivity index (χ3v) is 1.73. The van der Waals surface area contributed by atoms with Gasteiger partial charge < -0.3 is 15.6 Å². The number of methoxy groups -OCH3 is 1. The molecule has 0 bridgehead atoms. The highest BCUT2D eigenvalue weighted by Crippen LogP contribution is 2.11. The molecule has 2 unspecified atom stereocenters. The molecule has 3 heteroatoms. The Balaban J connectivity index is 3.97. The number of hydrogen-bond donors (Lipinski definition) is 2. The van der Waals surface area contributed by atoms with E-state index in [0.29, 0.717) is 0 Å². The molecule has 0 heterocycles. The molecule has 0 aromatic carbocycles. The van der Waals surface area contributed by atoms with Gasteiger partial charge in [-0.15, -0.1) is 0 Å². The minimum atomic E-state index is -0.608. The maximum absolute atomic E-state index is 8.82. The topological polar surface area (TPSA) is 55.5 Å². The smallest absolute Gasteiger partial charge is 0.0767 e. The average Bonchev–Trinajstić information content (AvgIpc) is 1.90. The standard InChI is InChI=1S/C7H17NO2/c1-4-6(10-3)7(2,8)5-9/h6,9H,4-5,8H2,1-3H3. The second kappa shape index (κ2) is 3.91. The van der Waals surface area contributed by atoms with Gasteiger partial charge in [-0.3, -0.25) is 0 Å². The van der Waals surface area contributed by atoms with Crippen molar-refractivity contribution in [1.82, 2.24) is 0 Å². The van der Waals surface area contributed by atoms with Crippen molar-refractivity contribution in [3.8, 4) is 0 Å². The van der Waals surface area contributed by atoms with E-state index in [9.17, 15) is 0 Å². The van der Waals surface area contributed by atoms with Crippen molar-refractivity contribution in [1.29, 1.82) is 0 Å². The van der Waals surface area contributed by atoms with Gasteiger partial charge >= 0.3 is 0 Å². The van der Waals surface area contributed by atoms with Crippen molar-refractivity contribution in [2.45, 2.75) is 31.9 Å². The van der Waals surface area contributed by atoms with Gasteiger partial charge in [0, 0.05) is 7.11 Å². The van der Waals surface area contributed by atoms with Crippen molar-refractivity contribution in [2.24, 2.45) is 5.73 Å². The van der Waals surface area contributed by atoms with Crippen molar-refractivity contribution in [2.75, 3.05) is 13.7 Å². The fourth-order valence-corrected chi connectivity index (χ4v) is 1.00. The fourth-order valence-electron chi connectivity index (χ4n) is 1.00. The summed E-state index contributed by atoms with van der Waals surface area (Å²) in [4.78, 5) is 0. The maximum atomic E-state index is 8.82. The lowest BCUT2D eigenvalue weighted by Gasteiger charge is -2.30. The summed E-state index contributed by atoms with van der Waals surface area (Å²) < 4.78 is 5.07. The van der Waals surface area contributed by atoms with Crippen molar-refractivity contribution in [3.63, 3.8) is 0 Å². The molecule has 0 saturated carbocycles. The molecule has 0 rings (SSSR count). The summed E-state index contributed by atoms with van der Waals surface area (Å²) in [5, 5.41) is 8.82.